The van der Waals surface area contributed by atoms with Crippen LogP contribution < -0.4 is 5.32 Å². The third-order valence-corrected chi connectivity index (χ3v) is 5.25. The Kier molecular flexibility index (Phi) is 3.77. The number of hydrogen-bond acceptors (Lipinski definition) is 4. The maximum absolute atomic E-state index is 12.2. The molecule has 24 heavy (non-hydrogen) atoms. The van der Waals surface area contributed by atoms with Crippen molar-refractivity contribution in [3.8, 4) is 0 Å². The third kappa shape index (κ3) is 2.29. The summed E-state index contributed by atoms with van der Waals surface area (Å²) in [5.41, 5.74) is 3.53. The first-order valence-corrected chi connectivity index (χ1v) is 8.32. The van der Waals surface area contributed by atoms with E-state index < -0.39 is 0 Å². The molecule has 2 aliphatic rings. The number of pyridine rings is 1. The smallest absolute Gasteiger partial charge is 0.338 e. The number of rotatable bonds is 2. The Morgan fingerprint density at radius 2 is 2.08 bits per heavy atom. The van der Waals surface area contributed by atoms with Gasteiger partial charge in [0.25, 0.3) is 0 Å². The Labute approximate surface area is 145 Å². The fraction of sp³-hybridized carbons (Fsp3) is 0.263. The first kappa shape index (κ1) is 15.2. The van der Waals surface area contributed by atoms with Gasteiger partial charge in [-0.3, -0.25) is 4.98 Å². The van der Waals surface area contributed by atoms with Gasteiger partial charge in [-0.05, 0) is 47.7 Å². The van der Waals surface area contributed by atoms with E-state index in [1.165, 1.54) is 12.7 Å². The highest BCUT2D eigenvalue weighted by molar-refractivity contribution is 6.33. The van der Waals surface area contributed by atoms with Crippen molar-refractivity contribution in [2.45, 2.75) is 18.4 Å². The molecule has 1 aliphatic carbocycles. The number of nitrogens with one attached hydrogen (secondary N) is 1. The second-order valence-corrected chi connectivity index (χ2v) is 6.54. The van der Waals surface area contributed by atoms with Gasteiger partial charge in [-0.25, -0.2) is 4.79 Å². The fourth-order valence-electron chi connectivity index (χ4n) is 3.86. The minimum atomic E-state index is -0.328. The van der Waals surface area contributed by atoms with Gasteiger partial charge in [0, 0.05) is 18.3 Å². The topological polar surface area (TPSA) is 51.2 Å². The van der Waals surface area contributed by atoms with Crippen molar-refractivity contribution in [1.82, 2.24) is 4.98 Å². The van der Waals surface area contributed by atoms with Crippen LogP contribution in [0.1, 0.15) is 39.9 Å². The summed E-state index contributed by atoms with van der Waals surface area (Å²) in [7, 11) is 1.40. The van der Waals surface area contributed by atoms with Crippen molar-refractivity contribution >= 4 is 23.3 Å². The number of halogens is 1. The van der Waals surface area contributed by atoms with E-state index >= 15 is 0 Å². The maximum atomic E-state index is 12.2. The van der Waals surface area contributed by atoms with E-state index in [-0.39, 0.29) is 17.9 Å². The van der Waals surface area contributed by atoms with Crippen LogP contribution in [0.15, 0.2) is 48.8 Å². The van der Waals surface area contributed by atoms with Crippen molar-refractivity contribution in [1.29, 1.82) is 0 Å². The quantitative estimate of drug-likeness (QED) is 0.652. The van der Waals surface area contributed by atoms with Crippen LogP contribution >= 0.6 is 11.6 Å². The third-order valence-electron chi connectivity index (χ3n) is 4.94. The number of anilines is 1. The van der Waals surface area contributed by atoms with Crippen LogP contribution in [-0.4, -0.2) is 18.1 Å². The van der Waals surface area contributed by atoms with E-state index in [2.05, 4.69) is 22.5 Å². The van der Waals surface area contributed by atoms with E-state index in [1.807, 2.05) is 12.1 Å². The lowest BCUT2D eigenvalue weighted by molar-refractivity contribution is 0.0598. The van der Waals surface area contributed by atoms with Gasteiger partial charge in [0.1, 0.15) is 0 Å². The SMILES string of the molecule is COC(=O)c1ccc(Cl)c2c1[C@@H]1C=CC[C@@H]1[C@H](c1ccncc1)N2. The number of methoxy groups -OCH3 is 1. The lowest BCUT2D eigenvalue weighted by atomic mass is 9.75. The van der Waals surface area contributed by atoms with Crippen LogP contribution in [-0.2, 0) is 4.74 Å². The van der Waals surface area contributed by atoms with Crippen LogP contribution in [0.4, 0.5) is 5.69 Å². The Bertz CT molecular complexity index is 820. The zero-order chi connectivity index (χ0) is 16.7. The van der Waals surface area contributed by atoms with Crippen molar-refractivity contribution in [3.05, 3.63) is 70.5 Å². The van der Waals surface area contributed by atoms with E-state index in [4.69, 9.17) is 16.3 Å². The number of allylic oxidation sites excluding steroid dienone is 2. The molecule has 0 fully saturated rings. The van der Waals surface area contributed by atoms with Gasteiger partial charge in [0.2, 0.25) is 0 Å². The van der Waals surface area contributed by atoms with Crippen LogP contribution in [0.25, 0.3) is 0 Å². The van der Waals surface area contributed by atoms with Gasteiger partial charge in [0.05, 0.1) is 29.4 Å². The number of benzene rings is 1. The highest BCUT2D eigenvalue weighted by Crippen LogP contribution is 2.52. The lowest BCUT2D eigenvalue weighted by Crippen LogP contribution is -2.30. The molecule has 0 unspecified atom stereocenters. The standard InChI is InChI=1S/C19H17ClN2O2/c1-24-19(23)14-5-6-15(20)18-16(14)12-3-2-4-13(12)17(22-18)11-7-9-21-10-8-11/h2-3,5-10,12-13,17,22H,4H2,1H3/t12-,13+,17+/m1/s1. The average Bonchev–Trinajstić information content (AvgIpc) is 3.11. The van der Waals surface area contributed by atoms with Crippen LogP contribution in [0.5, 0.6) is 0 Å². The van der Waals surface area contributed by atoms with Crippen LogP contribution in [0.2, 0.25) is 5.02 Å². The second-order valence-electron chi connectivity index (χ2n) is 6.13. The van der Waals surface area contributed by atoms with Crippen molar-refractivity contribution in [2.24, 2.45) is 5.92 Å². The van der Waals surface area contributed by atoms with E-state index in [0.717, 1.165) is 17.7 Å². The van der Waals surface area contributed by atoms with Gasteiger partial charge in [-0.2, -0.15) is 0 Å². The molecule has 0 radical (unpaired) electrons. The molecule has 0 bridgehead atoms. The Morgan fingerprint density at radius 1 is 1.29 bits per heavy atom. The first-order valence-electron chi connectivity index (χ1n) is 7.94. The molecule has 0 amide bonds. The Hall–Kier alpha value is -2.33. The lowest BCUT2D eigenvalue weighted by Gasteiger charge is -2.38. The molecule has 2 heterocycles. The van der Waals surface area contributed by atoms with Crippen LogP contribution in [0.3, 0.4) is 0 Å². The van der Waals surface area contributed by atoms with Gasteiger partial charge >= 0.3 is 5.97 Å². The normalized spacial score (nSPS) is 24.0. The molecule has 0 spiro atoms. The largest absolute Gasteiger partial charge is 0.465 e. The molecule has 1 aromatic heterocycles. The van der Waals surface area contributed by atoms with E-state index in [1.54, 1.807) is 24.5 Å². The summed E-state index contributed by atoms with van der Waals surface area (Å²) in [5.74, 6) is 0.153. The van der Waals surface area contributed by atoms with Gasteiger partial charge in [-0.15, -0.1) is 0 Å². The number of nitrogens with zero attached hydrogens (tertiary/aromatic N) is 1. The number of ether oxygens (including phenoxy) is 1. The molecule has 3 atom stereocenters. The van der Waals surface area contributed by atoms with Gasteiger partial charge in [0.15, 0.2) is 0 Å². The van der Waals surface area contributed by atoms with Crippen molar-refractivity contribution in [3.63, 3.8) is 0 Å². The molecule has 122 valence electrons. The predicted octanol–water partition coefficient (Wildman–Crippen LogP) is 4.35. The second kappa shape index (κ2) is 5.95. The van der Waals surface area contributed by atoms with Crippen molar-refractivity contribution in [2.75, 3.05) is 12.4 Å². The van der Waals surface area contributed by atoms with Gasteiger partial charge in [-0.1, -0.05) is 23.8 Å². The van der Waals surface area contributed by atoms with E-state index in [9.17, 15) is 4.79 Å². The summed E-state index contributed by atoms with van der Waals surface area (Å²) in [6.07, 6.45) is 8.92. The molecular weight excluding hydrogens is 324 g/mol. The molecule has 0 saturated heterocycles. The molecule has 4 rings (SSSR count). The predicted molar refractivity (Wildman–Crippen MR) is 93.4 cm³/mol. The molecular formula is C19H17ClN2O2. The molecule has 4 nitrogen and oxygen atoms in total. The van der Waals surface area contributed by atoms with E-state index in [0.29, 0.717) is 16.5 Å². The summed E-state index contributed by atoms with van der Waals surface area (Å²) >= 11 is 6.45. The van der Waals surface area contributed by atoms with Crippen molar-refractivity contribution < 1.29 is 9.53 Å². The monoisotopic (exact) mass is 340 g/mol. The summed E-state index contributed by atoms with van der Waals surface area (Å²) in [6.45, 7) is 0. The highest BCUT2D eigenvalue weighted by Gasteiger charge is 2.40. The number of esters is 1. The highest BCUT2D eigenvalue weighted by atomic mass is 35.5. The molecule has 1 aliphatic heterocycles. The Morgan fingerprint density at radius 3 is 2.83 bits per heavy atom. The minimum absolute atomic E-state index is 0.130. The number of hydrogen-bond donors (Lipinski definition) is 1. The molecule has 5 heteroatoms. The summed E-state index contributed by atoms with van der Waals surface area (Å²) in [4.78, 5) is 16.3. The molecule has 0 saturated carbocycles. The van der Waals surface area contributed by atoms with Gasteiger partial charge < -0.3 is 10.1 Å². The molecule has 2 aromatic rings. The number of aromatic nitrogens is 1. The number of carbonyl (C=O) groups is 1. The molecule has 1 aromatic carbocycles. The Balaban J connectivity index is 1.87. The number of fused-ring (bicyclic) bond motifs is 3. The summed E-state index contributed by atoms with van der Waals surface area (Å²) < 4.78 is 4.96. The average molecular weight is 341 g/mol. The molecule has 1 N–H and O–H groups in total. The minimum Gasteiger partial charge on any atom is -0.465 e. The summed E-state index contributed by atoms with van der Waals surface area (Å²) in [5, 5.41) is 4.19. The zero-order valence-corrected chi connectivity index (χ0v) is 14.0. The first-order chi connectivity index (χ1) is 11.7. The fourth-order valence-corrected chi connectivity index (χ4v) is 4.08. The van der Waals surface area contributed by atoms with Crippen LogP contribution in [0, 0.1) is 5.92 Å². The zero-order valence-electron chi connectivity index (χ0n) is 13.2. The maximum Gasteiger partial charge on any atom is 0.338 e. The summed E-state index contributed by atoms with van der Waals surface area (Å²) in [6, 6.07) is 7.69. The number of carbonyl (C=O) groups excluding carboxylic acids is 1.